The van der Waals surface area contributed by atoms with Gasteiger partial charge in [-0.2, -0.15) is 13.2 Å². The normalized spacial score (nSPS) is 16.5. The number of halogens is 3. The standard InChI is InChI=1S/C15H27F3O3/c1-7-12(4,5)11(19)21-14(8-2,9-3)10-13(6,20)15(16,17)18/h20H,7-10H2,1-6H3. The molecule has 1 unspecified atom stereocenters. The Morgan fingerprint density at radius 2 is 1.43 bits per heavy atom. The van der Waals surface area contributed by atoms with Gasteiger partial charge in [0.05, 0.1) is 5.41 Å². The fraction of sp³-hybridized carbons (Fsp3) is 0.933. The Bertz CT molecular complexity index is 356. The fourth-order valence-electron chi connectivity index (χ4n) is 1.89. The van der Waals surface area contributed by atoms with Crippen LogP contribution in [0.1, 0.15) is 67.2 Å². The third-order valence-corrected chi connectivity index (χ3v) is 4.31. The van der Waals surface area contributed by atoms with Gasteiger partial charge in [-0.3, -0.25) is 4.79 Å². The molecule has 1 atom stereocenters. The molecule has 0 saturated carbocycles. The first-order chi connectivity index (χ1) is 9.27. The van der Waals surface area contributed by atoms with Crippen LogP contribution in [0.15, 0.2) is 0 Å². The Hall–Kier alpha value is -0.780. The molecule has 0 radical (unpaired) electrons. The lowest BCUT2D eigenvalue weighted by atomic mass is 9.82. The van der Waals surface area contributed by atoms with Crippen molar-refractivity contribution in [1.82, 2.24) is 0 Å². The van der Waals surface area contributed by atoms with Crippen LogP contribution in [0.4, 0.5) is 13.2 Å². The molecule has 0 aromatic heterocycles. The SMILES string of the molecule is CCC(CC)(CC(C)(O)C(F)(F)F)OC(=O)C(C)(C)CC. The Morgan fingerprint density at radius 3 is 1.71 bits per heavy atom. The summed E-state index contributed by atoms with van der Waals surface area (Å²) in [5.74, 6) is -0.535. The number of hydrogen-bond acceptors (Lipinski definition) is 3. The van der Waals surface area contributed by atoms with Gasteiger partial charge >= 0.3 is 12.1 Å². The predicted molar refractivity (Wildman–Crippen MR) is 74.8 cm³/mol. The third-order valence-electron chi connectivity index (χ3n) is 4.31. The van der Waals surface area contributed by atoms with Gasteiger partial charge in [-0.15, -0.1) is 0 Å². The van der Waals surface area contributed by atoms with E-state index < -0.39 is 35.2 Å². The van der Waals surface area contributed by atoms with Crippen LogP contribution in [0.2, 0.25) is 0 Å². The van der Waals surface area contributed by atoms with Gasteiger partial charge in [0.25, 0.3) is 0 Å². The summed E-state index contributed by atoms with van der Waals surface area (Å²) in [6.07, 6.45) is -4.50. The van der Waals surface area contributed by atoms with Crippen molar-refractivity contribution in [2.75, 3.05) is 0 Å². The van der Waals surface area contributed by atoms with Gasteiger partial charge in [-0.25, -0.2) is 0 Å². The van der Waals surface area contributed by atoms with Crippen LogP contribution >= 0.6 is 0 Å². The highest BCUT2D eigenvalue weighted by atomic mass is 19.4. The molecular weight excluding hydrogens is 285 g/mol. The summed E-state index contributed by atoms with van der Waals surface area (Å²) in [5, 5.41) is 9.71. The molecule has 1 N–H and O–H groups in total. The molecule has 0 fully saturated rings. The van der Waals surface area contributed by atoms with Gasteiger partial charge in [0.1, 0.15) is 5.60 Å². The van der Waals surface area contributed by atoms with Crippen LogP contribution in [0.3, 0.4) is 0 Å². The zero-order chi connectivity index (χ0) is 17.1. The van der Waals surface area contributed by atoms with E-state index in [1.54, 1.807) is 27.7 Å². The number of ether oxygens (including phenoxy) is 1. The summed E-state index contributed by atoms with van der Waals surface area (Å²) in [6.45, 7) is 9.21. The minimum atomic E-state index is -4.77. The van der Waals surface area contributed by atoms with Crippen LogP contribution in [-0.4, -0.2) is 28.5 Å². The smallest absolute Gasteiger partial charge is 0.417 e. The molecule has 0 heterocycles. The van der Waals surface area contributed by atoms with Crippen LogP contribution in [0.25, 0.3) is 0 Å². The van der Waals surface area contributed by atoms with E-state index in [2.05, 4.69) is 0 Å². The number of carbonyl (C=O) groups excluding carboxylic acids is 1. The average molecular weight is 312 g/mol. The number of esters is 1. The number of alkyl halides is 3. The molecule has 6 heteroatoms. The maximum Gasteiger partial charge on any atom is 0.417 e. The van der Waals surface area contributed by atoms with Gasteiger partial charge in [-0.1, -0.05) is 20.8 Å². The molecule has 0 aromatic rings. The lowest BCUT2D eigenvalue weighted by Crippen LogP contribution is -2.51. The van der Waals surface area contributed by atoms with E-state index in [1.165, 1.54) is 0 Å². The topological polar surface area (TPSA) is 46.5 Å². The van der Waals surface area contributed by atoms with Gasteiger partial charge < -0.3 is 9.84 Å². The molecule has 0 bridgehead atoms. The number of aliphatic hydroxyl groups is 1. The molecule has 21 heavy (non-hydrogen) atoms. The minimum Gasteiger partial charge on any atom is -0.459 e. The number of hydrogen-bond donors (Lipinski definition) is 1. The molecule has 126 valence electrons. The highest BCUT2D eigenvalue weighted by Crippen LogP contribution is 2.41. The van der Waals surface area contributed by atoms with Crippen molar-refractivity contribution < 1.29 is 27.8 Å². The van der Waals surface area contributed by atoms with Crippen molar-refractivity contribution in [3.63, 3.8) is 0 Å². The molecule has 3 nitrogen and oxygen atoms in total. The number of rotatable bonds is 7. The van der Waals surface area contributed by atoms with Crippen LogP contribution < -0.4 is 0 Å². The summed E-state index contributed by atoms with van der Waals surface area (Å²) < 4.78 is 44.1. The Morgan fingerprint density at radius 1 is 1.00 bits per heavy atom. The Kier molecular flexibility index (Phi) is 6.30. The Balaban J connectivity index is 5.33. The maximum atomic E-state index is 12.9. The van der Waals surface area contributed by atoms with E-state index in [4.69, 9.17) is 4.74 Å². The second-order valence-electron chi connectivity index (χ2n) is 6.47. The summed E-state index contributed by atoms with van der Waals surface area (Å²) in [7, 11) is 0. The summed E-state index contributed by atoms with van der Waals surface area (Å²) in [6, 6.07) is 0. The van der Waals surface area contributed by atoms with E-state index in [0.717, 1.165) is 0 Å². The molecule has 0 aliphatic heterocycles. The second kappa shape index (κ2) is 6.55. The quantitative estimate of drug-likeness (QED) is 0.716. The van der Waals surface area contributed by atoms with Crippen molar-refractivity contribution in [2.45, 2.75) is 84.6 Å². The summed E-state index contributed by atoms with van der Waals surface area (Å²) in [5.41, 5.74) is -4.97. The largest absolute Gasteiger partial charge is 0.459 e. The molecule has 0 aromatic carbocycles. The molecule has 0 amide bonds. The lowest BCUT2D eigenvalue weighted by molar-refractivity contribution is -0.270. The first-order valence-electron chi connectivity index (χ1n) is 7.29. The van der Waals surface area contributed by atoms with Crippen molar-refractivity contribution in [2.24, 2.45) is 5.41 Å². The summed E-state index contributed by atoms with van der Waals surface area (Å²) >= 11 is 0. The van der Waals surface area contributed by atoms with Gasteiger partial charge in [0, 0.05) is 6.42 Å². The van der Waals surface area contributed by atoms with Crippen LogP contribution in [0.5, 0.6) is 0 Å². The van der Waals surface area contributed by atoms with Crippen molar-refractivity contribution in [1.29, 1.82) is 0 Å². The highest BCUT2D eigenvalue weighted by Gasteiger charge is 2.54. The number of carbonyl (C=O) groups is 1. The van der Waals surface area contributed by atoms with Crippen molar-refractivity contribution in [3.05, 3.63) is 0 Å². The molecule has 0 saturated heterocycles. The van der Waals surface area contributed by atoms with E-state index in [1.807, 2.05) is 6.92 Å². The monoisotopic (exact) mass is 312 g/mol. The molecule has 0 aliphatic carbocycles. The maximum absolute atomic E-state index is 12.9. The average Bonchev–Trinajstić information content (AvgIpc) is 2.36. The van der Waals surface area contributed by atoms with E-state index in [0.29, 0.717) is 13.3 Å². The van der Waals surface area contributed by atoms with Crippen LogP contribution in [0, 0.1) is 5.41 Å². The van der Waals surface area contributed by atoms with E-state index in [9.17, 15) is 23.1 Å². The Labute approximate surface area is 124 Å². The second-order valence-corrected chi connectivity index (χ2v) is 6.47. The zero-order valence-electron chi connectivity index (χ0n) is 13.7. The van der Waals surface area contributed by atoms with Gasteiger partial charge in [0.15, 0.2) is 5.60 Å². The minimum absolute atomic E-state index is 0.210. The lowest BCUT2D eigenvalue weighted by Gasteiger charge is -2.40. The van der Waals surface area contributed by atoms with Gasteiger partial charge in [-0.05, 0) is 40.0 Å². The van der Waals surface area contributed by atoms with E-state index >= 15 is 0 Å². The molecular formula is C15H27F3O3. The third kappa shape index (κ3) is 4.87. The highest BCUT2D eigenvalue weighted by molar-refractivity contribution is 5.76. The fourth-order valence-corrected chi connectivity index (χ4v) is 1.89. The predicted octanol–water partition coefficient (Wildman–Crippen LogP) is 4.23. The zero-order valence-corrected chi connectivity index (χ0v) is 13.7. The van der Waals surface area contributed by atoms with E-state index in [-0.39, 0.29) is 12.8 Å². The molecule has 0 aliphatic rings. The first kappa shape index (κ1) is 20.2. The first-order valence-corrected chi connectivity index (χ1v) is 7.29. The molecule has 0 spiro atoms. The van der Waals surface area contributed by atoms with Crippen molar-refractivity contribution >= 4 is 5.97 Å². The summed E-state index contributed by atoms with van der Waals surface area (Å²) in [4.78, 5) is 12.2. The van der Waals surface area contributed by atoms with Crippen molar-refractivity contribution in [3.8, 4) is 0 Å². The van der Waals surface area contributed by atoms with Gasteiger partial charge in [0.2, 0.25) is 0 Å². The van der Waals surface area contributed by atoms with Crippen LogP contribution in [-0.2, 0) is 9.53 Å². The molecule has 0 rings (SSSR count).